The zero-order valence-electron chi connectivity index (χ0n) is 14.1. The van der Waals surface area contributed by atoms with Crippen molar-refractivity contribution in [2.75, 3.05) is 46.5 Å². The number of hydrogen-bond donors (Lipinski definition) is 0. The number of ether oxygens (including phenoxy) is 2. The molecule has 0 spiro atoms. The van der Waals surface area contributed by atoms with E-state index in [4.69, 9.17) is 21.1 Å². The Bertz CT molecular complexity index is 604. The molecule has 0 aliphatic carbocycles. The quantitative estimate of drug-likeness (QED) is 0.782. The third kappa shape index (κ3) is 5.41. The summed E-state index contributed by atoms with van der Waals surface area (Å²) in [5, 5.41) is 0.674. The second kappa shape index (κ2) is 9.53. The van der Waals surface area contributed by atoms with Gasteiger partial charge in [-0.2, -0.15) is 0 Å². The number of rotatable bonds is 4. The monoisotopic (exact) mass is 350 g/mol. The van der Waals surface area contributed by atoms with Crippen LogP contribution in [0.15, 0.2) is 24.3 Å². The molecule has 0 saturated carbocycles. The van der Waals surface area contributed by atoms with Crippen molar-refractivity contribution in [1.29, 1.82) is 0 Å². The van der Waals surface area contributed by atoms with Gasteiger partial charge in [0, 0.05) is 43.9 Å². The summed E-state index contributed by atoms with van der Waals surface area (Å²) in [5.74, 6) is 6.42. The van der Waals surface area contributed by atoms with Crippen molar-refractivity contribution < 1.29 is 14.3 Å². The zero-order chi connectivity index (χ0) is 17.4. The van der Waals surface area contributed by atoms with Gasteiger partial charge in [-0.25, -0.2) is 4.79 Å². The van der Waals surface area contributed by atoms with E-state index < -0.39 is 0 Å². The molecule has 1 aromatic carbocycles. The number of hydrogen-bond acceptors (Lipinski definition) is 4. The molecule has 1 aliphatic rings. The Morgan fingerprint density at radius 2 is 2.08 bits per heavy atom. The molecule has 6 heteroatoms. The first kappa shape index (κ1) is 18.6. The maximum absolute atomic E-state index is 11.8. The zero-order valence-corrected chi connectivity index (χ0v) is 14.9. The Balaban J connectivity index is 1.98. The SMILES string of the molecule is CCOC(=O)N1CCN(C(C#Cc2cccc(Cl)c2)COC)CC1. The molecule has 1 aliphatic heterocycles. The Labute approximate surface area is 148 Å². The fourth-order valence-electron chi connectivity index (χ4n) is 2.56. The summed E-state index contributed by atoms with van der Waals surface area (Å²) in [7, 11) is 1.67. The van der Waals surface area contributed by atoms with Crippen LogP contribution in [0.3, 0.4) is 0 Å². The molecule has 2 rings (SSSR count). The molecular weight excluding hydrogens is 328 g/mol. The summed E-state index contributed by atoms with van der Waals surface area (Å²) >= 11 is 5.99. The first-order chi connectivity index (χ1) is 11.6. The van der Waals surface area contributed by atoms with E-state index in [9.17, 15) is 4.79 Å². The van der Waals surface area contributed by atoms with Gasteiger partial charge in [0.1, 0.15) is 0 Å². The molecular formula is C18H23ClN2O3. The van der Waals surface area contributed by atoms with Gasteiger partial charge >= 0.3 is 6.09 Å². The first-order valence-corrected chi connectivity index (χ1v) is 8.43. The molecule has 0 radical (unpaired) electrons. The fraction of sp³-hybridized carbons (Fsp3) is 0.500. The van der Waals surface area contributed by atoms with Crippen LogP contribution in [0.1, 0.15) is 12.5 Å². The summed E-state index contributed by atoms with van der Waals surface area (Å²) in [6.07, 6.45) is -0.245. The number of methoxy groups -OCH3 is 1. The highest BCUT2D eigenvalue weighted by atomic mass is 35.5. The number of nitrogens with zero attached hydrogens (tertiary/aromatic N) is 2. The van der Waals surface area contributed by atoms with E-state index in [0.717, 1.165) is 18.7 Å². The van der Waals surface area contributed by atoms with Gasteiger partial charge in [-0.05, 0) is 25.1 Å². The average Bonchev–Trinajstić information content (AvgIpc) is 2.59. The van der Waals surface area contributed by atoms with Crippen LogP contribution in [0.2, 0.25) is 5.02 Å². The van der Waals surface area contributed by atoms with Crippen molar-refractivity contribution in [2.24, 2.45) is 0 Å². The lowest BCUT2D eigenvalue weighted by Gasteiger charge is -2.36. The molecule has 1 fully saturated rings. The third-order valence-electron chi connectivity index (χ3n) is 3.81. The van der Waals surface area contributed by atoms with Crippen LogP contribution in [-0.4, -0.2) is 68.4 Å². The van der Waals surface area contributed by atoms with Crippen LogP contribution in [0.5, 0.6) is 0 Å². The normalized spacial score (nSPS) is 16.2. The number of amides is 1. The Morgan fingerprint density at radius 3 is 2.71 bits per heavy atom. The number of benzene rings is 1. The standard InChI is InChI=1S/C18H23ClN2O3/c1-3-24-18(22)21-11-9-20(10-12-21)17(14-23-2)8-7-15-5-4-6-16(19)13-15/h4-6,13,17H,3,9-12,14H2,1-2H3. The van der Waals surface area contributed by atoms with E-state index in [-0.39, 0.29) is 12.1 Å². The van der Waals surface area contributed by atoms with Crippen LogP contribution in [0.25, 0.3) is 0 Å². The van der Waals surface area contributed by atoms with Gasteiger partial charge in [-0.3, -0.25) is 4.90 Å². The van der Waals surface area contributed by atoms with Gasteiger partial charge in [-0.1, -0.05) is 29.5 Å². The van der Waals surface area contributed by atoms with Gasteiger partial charge < -0.3 is 14.4 Å². The van der Waals surface area contributed by atoms with Crippen molar-refractivity contribution in [3.8, 4) is 11.8 Å². The largest absolute Gasteiger partial charge is 0.450 e. The number of piperazine rings is 1. The second-order valence-electron chi connectivity index (χ2n) is 5.47. The molecule has 1 aromatic rings. The van der Waals surface area contributed by atoms with E-state index in [1.165, 1.54) is 0 Å². The topological polar surface area (TPSA) is 42.0 Å². The molecule has 130 valence electrons. The van der Waals surface area contributed by atoms with Gasteiger partial charge in [0.25, 0.3) is 0 Å². The minimum atomic E-state index is -0.245. The molecule has 0 N–H and O–H groups in total. The second-order valence-corrected chi connectivity index (χ2v) is 5.91. The van der Waals surface area contributed by atoms with Crippen molar-refractivity contribution in [2.45, 2.75) is 13.0 Å². The third-order valence-corrected chi connectivity index (χ3v) is 4.05. The van der Waals surface area contributed by atoms with Crippen LogP contribution in [-0.2, 0) is 9.47 Å². The van der Waals surface area contributed by atoms with Crippen molar-refractivity contribution in [3.05, 3.63) is 34.9 Å². The molecule has 1 amide bonds. The first-order valence-electron chi connectivity index (χ1n) is 8.05. The molecule has 1 saturated heterocycles. The maximum Gasteiger partial charge on any atom is 0.409 e. The predicted octanol–water partition coefficient (Wildman–Crippen LogP) is 2.48. The molecule has 1 atom stereocenters. The van der Waals surface area contributed by atoms with E-state index in [1.54, 1.807) is 12.0 Å². The van der Waals surface area contributed by atoms with E-state index >= 15 is 0 Å². The maximum atomic E-state index is 11.8. The number of carbonyl (C=O) groups excluding carboxylic acids is 1. The minimum absolute atomic E-state index is 0.0154. The molecule has 1 heterocycles. The molecule has 1 unspecified atom stereocenters. The Kier molecular flexibility index (Phi) is 7.38. The highest BCUT2D eigenvalue weighted by Gasteiger charge is 2.25. The summed E-state index contributed by atoms with van der Waals surface area (Å²) in [4.78, 5) is 15.7. The minimum Gasteiger partial charge on any atom is -0.450 e. The lowest BCUT2D eigenvalue weighted by molar-refractivity contribution is 0.0566. The van der Waals surface area contributed by atoms with Gasteiger partial charge in [0.2, 0.25) is 0 Å². The number of halogens is 1. The summed E-state index contributed by atoms with van der Waals surface area (Å²) < 4.78 is 10.4. The lowest BCUT2D eigenvalue weighted by Crippen LogP contribution is -2.52. The van der Waals surface area contributed by atoms with Gasteiger partial charge in [0.15, 0.2) is 0 Å². The van der Waals surface area contributed by atoms with Crippen molar-refractivity contribution in [3.63, 3.8) is 0 Å². The summed E-state index contributed by atoms with van der Waals surface area (Å²) in [6, 6.07) is 7.47. The van der Waals surface area contributed by atoms with E-state index in [1.807, 2.05) is 31.2 Å². The smallest absolute Gasteiger partial charge is 0.409 e. The van der Waals surface area contributed by atoms with E-state index in [2.05, 4.69) is 16.7 Å². The van der Waals surface area contributed by atoms with Crippen LogP contribution < -0.4 is 0 Å². The lowest BCUT2D eigenvalue weighted by atomic mass is 10.2. The van der Waals surface area contributed by atoms with Crippen LogP contribution in [0.4, 0.5) is 4.79 Å². The predicted molar refractivity (Wildman–Crippen MR) is 94.2 cm³/mol. The van der Waals surface area contributed by atoms with Crippen molar-refractivity contribution >= 4 is 17.7 Å². The molecule has 24 heavy (non-hydrogen) atoms. The highest BCUT2D eigenvalue weighted by Crippen LogP contribution is 2.11. The van der Waals surface area contributed by atoms with Crippen LogP contribution in [0, 0.1) is 11.8 Å². The fourth-order valence-corrected chi connectivity index (χ4v) is 2.75. The summed E-state index contributed by atoms with van der Waals surface area (Å²) in [5.41, 5.74) is 0.883. The summed E-state index contributed by atoms with van der Waals surface area (Å²) in [6.45, 7) is 5.50. The Hall–Kier alpha value is -1.74. The average molecular weight is 351 g/mol. The van der Waals surface area contributed by atoms with Crippen LogP contribution >= 0.6 is 11.6 Å². The molecule has 0 bridgehead atoms. The van der Waals surface area contributed by atoms with Gasteiger partial charge in [-0.15, -0.1) is 0 Å². The highest BCUT2D eigenvalue weighted by molar-refractivity contribution is 6.30. The number of carbonyl (C=O) groups is 1. The molecule has 0 aromatic heterocycles. The van der Waals surface area contributed by atoms with Gasteiger partial charge in [0.05, 0.1) is 19.3 Å². The van der Waals surface area contributed by atoms with Crippen molar-refractivity contribution in [1.82, 2.24) is 9.80 Å². The van der Waals surface area contributed by atoms with E-state index in [0.29, 0.717) is 31.3 Å². The molecule has 5 nitrogen and oxygen atoms in total. The Morgan fingerprint density at radius 1 is 1.33 bits per heavy atom.